The SMILES string of the molecule is Fc1ccc(NCc2ccccc2C(F)(F)F)cc1Cl. The largest absolute Gasteiger partial charge is 0.416 e. The molecule has 0 aromatic heterocycles. The molecule has 106 valence electrons. The van der Waals surface area contributed by atoms with E-state index in [1.807, 2.05) is 0 Å². The van der Waals surface area contributed by atoms with E-state index in [9.17, 15) is 17.6 Å². The highest BCUT2D eigenvalue weighted by atomic mass is 35.5. The summed E-state index contributed by atoms with van der Waals surface area (Å²) in [6.45, 7) is -0.0301. The summed E-state index contributed by atoms with van der Waals surface area (Å²) >= 11 is 5.60. The number of halogens is 5. The van der Waals surface area contributed by atoms with Gasteiger partial charge in [0, 0.05) is 12.2 Å². The van der Waals surface area contributed by atoms with Crippen LogP contribution in [0.25, 0.3) is 0 Å². The number of rotatable bonds is 3. The zero-order valence-electron chi connectivity index (χ0n) is 10.1. The third kappa shape index (κ3) is 3.42. The highest BCUT2D eigenvalue weighted by Crippen LogP contribution is 2.32. The summed E-state index contributed by atoms with van der Waals surface area (Å²) < 4.78 is 51.4. The van der Waals surface area contributed by atoms with Crippen LogP contribution in [0.4, 0.5) is 23.2 Å². The Kier molecular flexibility index (Phi) is 4.18. The van der Waals surface area contributed by atoms with Gasteiger partial charge in [-0.3, -0.25) is 0 Å². The van der Waals surface area contributed by atoms with Crippen LogP contribution in [0.15, 0.2) is 42.5 Å². The van der Waals surface area contributed by atoms with Gasteiger partial charge >= 0.3 is 6.18 Å². The Bertz CT molecular complexity index is 610. The normalized spacial score (nSPS) is 11.4. The Balaban J connectivity index is 2.17. The molecule has 2 rings (SSSR count). The third-order valence-corrected chi connectivity index (χ3v) is 3.01. The van der Waals surface area contributed by atoms with Crippen LogP contribution in [0, 0.1) is 5.82 Å². The number of anilines is 1. The zero-order chi connectivity index (χ0) is 14.8. The van der Waals surface area contributed by atoms with E-state index >= 15 is 0 Å². The maximum Gasteiger partial charge on any atom is 0.416 e. The lowest BCUT2D eigenvalue weighted by Crippen LogP contribution is -2.11. The second-order valence-corrected chi connectivity index (χ2v) is 4.54. The van der Waals surface area contributed by atoms with Gasteiger partial charge in [0.2, 0.25) is 0 Å². The molecule has 0 aliphatic rings. The van der Waals surface area contributed by atoms with Gasteiger partial charge in [-0.15, -0.1) is 0 Å². The Morgan fingerprint density at radius 2 is 1.75 bits per heavy atom. The van der Waals surface area contributed by atoms with Gasteiger partial charge in [0.15, 0.2) is 0 Å². The molecule has 0 saturated heterocycles. The van der Waals surface area contributed by atoms with Crippen LogP contribution >= 0.6 is 11.6 Å². The first-order valence-corrected chi connectivity index (χ1v) is 6.10. The van der Waals surface area contributed by atoms with Crippen LogP contribution in [0.2, 0.25) is 5.02 Å². The van der Waals surface area contributed by atoms with Crippen molar-refractivity contribution in [2.75, 3.05) is 5.32 Å². The lowest BCUT2D eigenvalue weighted by atomic mass is 10.1. The fraction of sp³-hybridized carbons (Fsp3) is 0.143. The predicted molar refractivity (Wildman–Crippen MR) is 70.2 cm³/mol. The molecule has 0 aliphatic carbocycles. The van der Waals surface area contributed by atoms with Crippen molar-refractivity contribution in [3.05, 3.63) is 64.4 Å². The molecule has 0 spiro atoms. The minimum absolute atomic E-state index is 0.0301. The monoisotopic (exact) mass is 303 g/mol. The van der Waals surface area contributed by atoms with Crippen molar-refractivity contribution in [2.45, 2.75) is 12.7 Å². The maximum absolute atomic E-state index is 13.0. The molecule has 0 heterocycles. The van der Waals surface area contributed by atoms with Crippen molar-refractivity contribution in [1.82, 2.24) is 0 Å². The molecule has 0 saturated carbocycles. The standard InChI is InChI=1S/C14H10ClF4N/c15-12-7-10(5-6-13(12)16)20-8-9-3-1-2-4-11(9)14(17,18)19/h1-7,20H,8H2. The fourth-order valence-corrected chi connectivity index (χ4v) is 1.93. The van der Waals surface area contributed by atoms with Gasteiger partial charge in [-0.05, 0) is 29.8 Å². The maximum atomic E-state index is 13.0. The van der Waals surface area contributed by atoms with E-state index in [0.717, 1.165) is 12.1 Å². The summed E-state index contributed by atoms with van der Waals surface area (Å²) in [5.74, 6) is -0.576. The number of alkyl halides is 3. The number of benzene rings is 2. The molecule has 0 amide bonds. The first kappa shape index (κ1) is 14.7. The van der Waals surface area contributed by atoms with Gasteiger partial charge in [-0.2, -0.15) is 13.2 Å². The van der Waals surface area contributed by atoms with E-state index in [-0.39, 0.29) is 17.1 Å². The molecular weight excluding hydrogens is 294 g/mol. The Hall–Kier alpha value is -1.75. The lowest BCUT2D eigenvalue weighted by molar-refractivity contribution is -0.138. The van der Waals surface area contributed by atoms with Crippen LogP contribution in [0.3, 0.4) is 0 Å². The quantitative estimate of drug-likeness (QED) is 0.777. The van der Waals surface area contributed by atoms with E-state index in [2.05, 4.69) is 5.32 Å². The second-order valence-electron chi connectivity index (χ2n) is 4.14. The average Bonchev–Trinajstić information content (AvgIpc) is 2.39. The van der Waals surface area contributed by atoms with Crippen LogP contribution in [-0.2, 0) is 12.7 Å². The highest BCUT2D eigenvalue weighted by molar-refractivity contribution is 6.31. The van der Waals surface area contributed by atoms with Gasteiger partial charge in [0.1, 0.15) is 5.82 Å². The van der Waals surface area contributed by atoms with Gasteiger partial charge in [0.05, 0.1) is 10.6 Å². The minimum Gasteiger partial charge on any atom is -0.381 e. The summed E-state index contributed by atoms with van der Waals surface area (Å²) in [5, 5.41) is 2.71. The molecule has 2 aromatic rings. The third-order valence-electron chi connectivity index (χ3n) is 2.73. The molecule has 6 heteroatoms. The van der Waals surface area contributed by atoms with Crippen molar-refractivity contribution in [2.24, 2.45) is 0 Å². The van der Waals surface area contributed by atoms with Crippen molar-refractivity contribution >= 4 is 17.3 Å². The first-order valence-electron chi connectivity index (χ1n) is 5.72. The number of hydrogen-bond acceptors (Lipinski definition) is 1. The van der Waals surface area contributed by atoms with Crippen molar-refractivity contribution in [3.63, 3.8) is 0 Å². The Labute approximate surface area is 118 Å². The van der Waals surface area contributed by atoms with Gasteiger partial charge in [-0.1, -0.05) is 29.8 Å². The summed E-state index contributed by atoms with van der Waals surface area (Å²) in [5.41, 5.74) is -0.130. The summed E-state index contributed by atoms with van der Waals surface area (Å²) in [7, 11) is 0. The van der Waals surface area contributed by atoms with E-state index in [1.54, 1.807) is 0 Å². The van der Waals surface area contributed by atoms with E-state index < -0.39 is 17.6 Å². The zero-order valence-corrected chi connectivity index (χ0v) is 10.9. The van der Waals surface area contributed by atoms with E-state index in [0.29, 0.717) is 5.69 Å². The van der Waals surface area contributed by atoms with Gasteiger partial charge < -0.3 is 5.32 Å². The van der Waals surface area contributed by atoms with E-state index in [1.165, 1.54) is 30.3 Å². The second kappa shape index (κ2) is 5.71. The van der Waals surface area contributed by atoms with Crippen molar-refractivity contribution in [3.8, 4) is 0 Å². The first-order chi connectivity index (χ1) is 9.38. The van der Waals surface area contributed by atoms with Crippen LogP contribution in [0.5, 0.6) is 0 Å². The molecule has 0 fully saturated rings. The fourth-order valence-electron chi connectivity index (χ4n) is 1.75. The molecule has 0 bridgehead atoms. The predicted octanol–water partition coefficient (Wildman–Crippen LogP) is 5.11. The molecule has 0 aliphatic heterocycles. The molecule has 1 nitrogen and oxygen atoms in total. The highest BCUT2D eigenvalue weighted by Gasteiger charge is 2.32. The molecule has 0 atom stereocenters. The molecule has 2 aromatic carbocycles. The molecule has 0 radical (unpaired) electrons. The Morgan fingerprint density at radius 3 is 2.40 bits per heavy atom. The molecule has 0 unspecified atom stereocenters. The number of nitrogens with one attached hydrogen (secondary N) is 1. The molecule has 1 N–H and O–H groups in total. The topological polar surface area (TPSA) is 12.0 Å². The minimum atomic E-state index is -4.40. The van der Waals surface area contributed by atoms with Crippen LogP contribution in [0.1, 0.15) is 11.1 Å². The van der Waals surface area contributed by atoms with Crippen LogP contribution < -0.4 is 5.32 Å². The van der Waals surface area contributed by atoms with Crippen molar-refractivity contribution in [1.29, 1.82) is 0 Å². The van der Waals surface area contributed by atoms with Gasteiger partial charge in [0.25, 0.3) is 0 Å². The smallest absolute Gasteiger partial charge is 0.381 e. The van der Waals surface area contributed by atoms with Crippen molar-refractivity contribution < 1.29 is 17.6 Å². The molecular formula is C14H10ClF4N. The number of hydrogen-bond donors (Lipinski definition) is 1. The average molecular weight is 304 g/mol. The summed E-state index contributed by atoms with van der Waals surface area (Å²) in [6.07, 6.45) is -4.40. The van der Waals surface area contributed by atoms with Gasteiger partial charge in [-0.25, -0.2) is 4.39 Å². The summed E-state index contributed by atoms with van der Waals surface area (Å²) in [6, 6.07) is 9.17. The molecule has 20 heavy (non-hydrogen) atoms. The lowest BCUT2D eigenvalue weighted by Gasteiger charge is -2.14. The van der Waals surface area contributed by atoms with E-state index in [4.69, 9.17) is 11.6 Å². The Morgan fingerprint density at radius 1 is 1.05 bits per heavy atom. The summed E-state index contributed by atoms with van der Waals surface area (Å²) in [4.78, 5) is 0. The van der Waals surface area contributed by atoms with Crippen LogP contribution in [-0.4, -0.2) is 0 Å².